The van der Waals surface area contributed by atoms with E-state index in [1.807, 2.05) is 12.1 Å². The molecule has 0 bridgehead atoms. The van der Waals surface area contributed by atoms with E-state index < -0.39 is 17.8 Å². The van der Waals surface area contributed by atoms with Crippen molar-refractivity contribution in [1.82, 2.24) is 10.2 Å². The first-order valence-electron chi connectivity index (χ1n) is 9.91. The number of carbonyl (C=O) groups excluding carboxylic acids is 1. The predicted octanol–water partition coefficient (Wildman–Crippen LogP) is 4.64. The van der Waals surface area contributed by atoms with Crippen LogP contribution in [-0.2, 0) is 10.9 Å². The number of carbonyl (C=O) groups is 1. The fourth-order valence-electron chi connectivity index (χ4n) is 3.23. The van der Waals surface area contributed by atoms with Gasteiger partial charge in [0, 0.05) is 30.0 Å². The van der Waals surface area contributed by atoms with Gasteiger partial charge in [-0.2, -0.15) is 13.2 Å². The van der Waals surface area contributed by atoms with Crippen LogP contribution in [0.5, 0.6) is 0 Å². The number of halogens is 3. The molecule has 0 spiro atoms. The summed E-state index contributed by atoms with van der Waals surface area (Å²) in [7, 11) is 0. The van der Waals surface area contributed by atoms with Crippen LogP contribution in [-0.4, -0.2) is 42.5 Å². The Hall–Kier alpha value is -3.66. The third kappa shape index (κ3) is 5.33. The minimum Gasteiger partial charge on any atom is -0.378 e. The molecule has 7 nitrogen and oxygen atoms in total. The Kier molecular flexibility index (Phi) is 6.22. The summed E-state index contributed by atoms with van der Waals surface area (Å²) in [6.45, 7) is 2.88. The van der Waals surface area contributed by atoms with Gasteiger partial charge in [0.25, 0.3) is 0 Å². The zero-order valence-electron chi connectivity index (χ0n) is 16.9. The van der Waals surface area contributed by atoms with Gasteiger partial charge in [0.15, 0.2) is 5.82 Å². The largest absolute Gasteiger partial charge is 0.416 e. The topological polar surface area (TPSA) is 79.4 Å². The molecular weight excluding hydrogens is 423 g/mol. The molecular formula is C22H20F3N5O2. The molecule has 2 aromatic carbocycles. The predicted molar refractivity (Wildman–Crippen MR) is 115 cm³/mol. The third-order valence-electron chi connectivity index (χ3n) is 4.87. The molecule has 0 saturated carbocycles. The van der Waals surface area contributed by atoms with Gasteiger partial charge >= 0.3 is 12.2 Å². The molecule has 32 heavy (non-hydrogen) atoms. The van der Waals surface area contributed by atoms with Crippen molar-refractivity contribution in [2.75, 3.05) is 41.8 Å². The fourth-order valence-corrected chi connectivity index (χ4v) is 3.23. The number of hydrogen-bond acceptors (Lipinski definition) is 5. The lowest BCUT2D eigenvalue weighted by Crippen LogP contribution is -2.36. The number of rotatable bonds is 4. The van der Waals surface area contributed by atoms with E-state index in [1.54, 1.807) is 24.3 Å². The van der Waals surface area contributed by atoms with E-state index in [2.05, 4.69) is 25.7 Å². The van der Waals surface area contributed by atoms with Crippen molar-refractivity contribution >= 4 is 23.2 Å². The number of hydrogen-bond donors (Lipinski definition) is 2. The zero-order valence-corrected chi connectivity index (χ0v) is 16.9. The maximum atomic E-state index is 12.8. The van der Waals surface area contributed by atoms with Crippen LogP contribution in [0.25, 0.3) is 11.3 Å². The summed E-state index contributed by atoms with van der Waals surface area (Å²) in [6, 6.07) is 14.5. The number of morpholine rings is 1. The molecule has 0 radical (unpaired) electrons. The number of anilines is 3. The number of ether oxygens (including phenoxy) is 1. The molecule has 10 heteroatoms. The van der Waals surface area contributed by atoms with Crippen LogP contribution in [0.2, 0.25) is 0 Å². The molecule has 1 aliphatic heterocycles. The molecule has 1 saturated heterocycles. The van der Waals surface area contributed by atoms with Gasteiger partial charge < -0.3 is 20.3 Å². The molecule has 4 rings (SSSR count). The van der Waals surface area contributed by atoms with Crippen molar-refractivity contribution < 1.29 is 22.7 Å². The van der Waals surface area contributed by atoms with Crippen molar-refractivity contribution in [2.45, 2.75) is 6.18 Å². The van der Waals surface area contributed by atoms with Gasteiger partial charge in [0.1, 0.15) is 0 Å². The Labute approximate surface area is 182 Å². The minimum absolute atomic E-state index is 0.0459. The second kappa shape index (κ2) is 9.23. The quantitative estimate of drug-likeness (QED) is 0.614. The molecule has 2 N–H and O–H groups in total. The first-order chi connectivity index (χ1) is 15.4. The van der Waals surface area contributed by atoms with E-state index in [9.17, 15) is 18.0 Å². The van der Waals surface area contributed by atoms with Gasteiger partial charge in [-0.15, -0.1) is 10.2 Å². The summed E-state index contributed by atoms with van der Waals surface area (Å²) in [5.74, 6) is 0.793. The number of nitrogens with one attached hydrogen (secondary N) is 2. The van der Waals surface area contributed by atoms with Gasteiger partial charge in [-0.05, 0) is 42.5 Å². The summed E-state index contributed by atoms with van der Waals surface area (Å²) in [6.07, 6.45) is -4.48. The highest BCUT2D eigenvalue weighted by Gasteiger charge is 2.30. The number of nitrogens with zero attached hydrogens (tertiary/aromatic N) is 3. The number of aromatic nitrogens is 2. The van der Waals surface area contributed by atoms with E-state index in [0.29, 0.717) is 24.6 Å². The van der Waals surface area contributed by atoms with E-state index in [1.165, 1.54) is 12.1 Å². The van der Waals surface area contributed by atoms with Crippen LogP contribution in [0.1, 0.15) is 5.56 Å². The Morgan fingerprint density at radius 3 is 2.28 bits per heavy atom. The molecule has 0 unspecified atom stereocenters. The molecule has 3 aromatic rings. The van der Waals surface area contributed by atoms with Crippen LogP contribution < -0.4 is 15.5 Å². The number of urea groups is 1. The molecule has 2 amide bonds. The van der Waals surface area contributed by atoms with Crippen LogP contribution in [0, 0.1) is 0 Å². The van der Waals surface area contributed by atoms with Crippen molar-refractivity contribution in [3.8, 4) is 11.3 Å². The second-order valence-electron chi connectivity index (χ2n) is 7.11. The first kappa shape index (κ1) is 21.6. The van der Waals surface area contributed by atoms with E-state index in [-0.39, 0.29) is 5.69 Å². The summed E-state index contributed by atoms with van der Waals surface area (Å²) in [5, 5.41) is 13.5. The smallest absolute Gasteiger partial charge is 0.378 e. The van der Waals surface area contributed by atoms with Crippen LogP contribution in [0.3, 0.4) is 0 Å². The lowest BCUT2D eigenvalue weighted by molar-refractivity contribution is -0.137. The third-order valence-corrected chi connectivity index (χ3v) is 4.87. The van der Waals surface area contributed by atoms with Gasteiger partial charge in [-0.25, -0.2) is 4.79 Å². The standard InChI is InChI=1S/C22H20F3N5O2/c23-22(24,25)16-2-1-3-18(14-16)27-21(31)26-17-6-4-15(5-7-17)19-8-9-20(29-28-19)30-10-12-32-13-11-30/h1-9,14H,10-13H2,(H2,26,27,31). The maximum absolute atomic E-state index is 12.8. The number of alkyl halides is 3. The van der Waals surface area contributed by atoms with Crippen LogP contribution >= 0.6 is 0 Å². The Balaban J connectivity index is 1.37. The summed E-state index contributed by atoms with van der Waals surface area (Å²) >= 11 is 0. The minimum atomic E-state index is -4.48. The number of amides is 2. The number of benzene rings is 2. The van der Waals surface area contributed by atoms with Gasteiger partial charge in [-0.3, -0.25) is 0 Å². The maximum Gasteiger partial charge on any atom is 0.416 e. The highest BCUT2D eigenvalue weighted by Crippen LogP contribution is 2.30. The molecule has 166 valence electrons. The average molecular weight is 443 g/mol. The molecule has 0 atom stereocenters. The lowest BCUT2D eigenvalue weighted by Gasteiger charge is -2.27. The first-order valence-corrected chi connectivity index (χ1v) is 9.91. The summed E-state index contributed by atoms with van der Waals surface area (Å²) in [5.41, 5.74) is 1.19. The molecule has 2 heterocycles. The molecule has 1 aromatic heterocycles. The van der Waals surface area contributed by atoms with Crippen LogP contribution in [0.4, 0.5) is 35.2 Å². The highest BCUT2D eigenvalue weighted by molar-refractivity contribution is 5.99. The van der Waals surface area contributed by atoms with E-state index in [0.717, 1.165) is 36.6 Å². The van der Waals surface area contributed by atoms with E-state index in [4.69, 9.17) is 4.74 Å². The van der Waals surface area contributed by atoms with Gasteiger partial charge in [0.2, 0.25) is 0 Å². The lowest BCUT2D eigenvalue weighted by atomic mass is 10.1. The normalized spacial score (nSPS) is 14.2. The van der Waals surface area contributed by atoms with Crippen LogP contribution in [0.15, 0.2) is 60.7 Å². The average Bonchev–Trinajstić information content (AvgIpc) is 2.80. The Bertz CT molecular complexity index is 1070. The molecule has 1 aliphatic rings. The second-order valence-corrected chi connectivity index (χ2v) is 7.11. The van der Waals surface area contributed by atoms with Crippen molar-refractivity contribution in [1.29, 1.82) is 0 Å². The van der Waals surface area contributed by atoms with Gasteiger partial charge in [0.05, 0.1) is 24.5 Å². The fraction of sp³-hybridized carbons (Fsp3) is 0.227. The SMILES string of the molecule is O=C(Nc1ccc(-c2ccc(N3CCOCC3)nn2)cc1)Nc1cccc(C(F)(F)F)c1. The summed E-state index contributed by atoms with van der Waals surface area (Å²) < 4.78 is 43.7. The highest BCUT2D eigenvalue weighted by atomic mass is 19.4. The zero-order chi connectivity index (χ0) is 22.6. The molecule has 1 fully saturated rings. The van der Waals surface area contributed by atoms with Crippen molar-refractivity contribution in [3.05, 3.63) is 66.2 Å². The van der Waals surface area contributed by atoms with Gasteiger partial charge in [-0.1, -0.05) is 18.2 Å². The monoisotopic (exact) mass is 443 g/mol. The van der Waals surface area contributed by atoms with Crippen molar-refractivity contribution in [2.24, 2.45) is 0 Å². The Morgan fingerprint density at radius 1 is 0.906 bits per heavy atom. The molecule has 0 aliphatic carbocycles. The summed E-state index contributed by atoms with van der Waals surface area (Å²) in [4.78, 5) is 14.3. The van der Waals surface area contributed by atoms with Crippen molar-refractivity contribution in [3.63, 3.8) is 0 Å². The Morgan fingerprint density at radius 2 is 1.62 bits per heavy atom. The van der Waals surface area contributed by atoms with E-state index >= 15 is 0 Å².